The summed E-state index contributed by atoms with van der Waals surface area (Å²) in [5, 5.41) is 10.00. The molecule has 0 fully saturated rings. The fraction of sp³-hybridized carbons (Fsp3) is 0.250. The number of benzene rings is 1. The van der Waals surface area contributed by atoms with Gasteiger partial charge in [-0.05, 0) is 24.1 Å². The molecule has 0 radical (unpaired) electrons. The molecule has 2 rings (SSSR count). The van der Waals surface area contributed by atoms with Gasteiger partial charge in [-0.15, -0.1) is 0 Å². The van der Waals surface area contributed by atoms with Crippen molar-refractivity contribution in [2.24, 2.45) is 5.73 Å². The number of nitrogens with one attached hydrogen (secondary N) is 1. The fourth-order valence-electron chi connectivity index (χ4n) is 1.82. The first kappa shape index (κ1) is 9.75. The molecule has 0 unspecified atom stereocenters. The van der Waals surface area contributed by atoms with Gasteiger partial charge >= 0.3 is 0 Å². The molecule has 1 aromatic carbocycles. The number of rotatable bonds is 2. The van der Waals surface area contributed by atoms with Crippen molar-refractivity contribution in [1.29, 1.82) is 5.26 Å². The molecule has 0 bridgehead atoms. The van der Waals surface area contributed by atoms with Crippen LogP contribution in [0.15, 0.2) is 24.4 Å². The maximum Gasteiger partial charge on any atom is 0.0998 e. The maximum absolute atomic E-state index is 9.03. The second-order valence-corrected chi connectivity index (χ2v) is 3.60. The standard InChI is InChI=1S/C12H13N3/c1-2-10(14)9-7-15-11-5-3-4-8(6-13)12(9)11/h3-5,7,10,15H,2,14H2,1H3/t10-/m1/s1. The second kappa shape index (κ2) is 3.76. The van der Waals surface area contributed by atoms with E-state index in [-0.39, 0.29) is 6.04 Å². The average molecular weight is 199 g/mol. The van der Waals surface area contributed by atoms with E-state index >= 15 is 0 Å². The van der Waals surface area contributed by atoms with Crippen molar-refractivity contribution in [2.75, 3.05) is 0 Å². The molecular formula is C12H13N3. The highest BCUT2D eigenvalue weighted by atomic mass is 14.7. The van der Waals surface area contributed by atoms with E-state index in [2.05, 4.69) is 11.1 Å². The molecule has 0 aliphatic carbocycles. The third-order valence-electron chi connectivity index (χ3n) is 2.70. The van der Waals surface area contributed by atoms with Crippen LogP contribution >= 0.6 is 0 Å². The molecule has 0 aliphatic heterocycles. The van der Waals surface area contributed by atoms with E-state index in [1.165, 1.54) is 0 Å². The number of aromatic amines is 1. The van der Waals surface area contributed by atoms with E-state index < -0.39 is 0 Å². The van der Waals surface area contributed by atoms with Crippen LogP contribution in [0.1, 0.15) is 30.5 Å². The molecule has 76 valence electrons. The number of nitrogens with two attached hydrogens (primary N) is 1. The molecule has 3 N–H and O–H groups in total. The van der Waals surface area contributed by atoms with Crippen molar-refractivity contribution in [3.05, 3.63) is 35.5 Å². The zero-order chi connectivity index (χ0) is 10.8. The topological polar surface area (TPSA) is 65.6 Å². The van der Waals surface area contributed by atoms with E-state index in [4.69, 9.17) is 11.0 Å². The molecule has 0 saturated heterocycles. The number of H-pyrrole nitrogens is 1. The van der Waals surface area contributed by atoms with Gasteiger partial charge in [-0.25, -0.2) is 0 Å². The second-order valence-electron chi connectivity index (χ2n) is 3.60. The number of hydrogen-bond donors (Lipinski definition) is 2. The van der Waals surface area contributed by atoms with Crippen LogP contribution in [0.2, 0.25) is 0 Å². The van der Waals surface area contributed by atoms with Crippen molar-refractivity contribution in [3.8, 4) is 6.07 Å². The van der Waals surface area contributed by atoms with Gasteiger partial charge in [0.2, 0.25) is 0 Å². The van der Waals surface area contributed by atoms with Crippen molar-refractivity contribution in [1.82, 2.24) is 4.98 Å². The summed E-state index contributed by atoms with van der Waals surface area (Å²) in [7, 11) is 0. The van der Waals surface area contributed by atoms with Gasteiger partial charge in [-0.1, -0.05) is 13.0 Å². The predicted molar refractivity (Wildman–Crippen MR) is 60.2 cm³/mol. The summed E-state index contributed by atoms with van der Waals surface area (Å²) in [4.78, 5) is 3.15. The lowest BCUT2D eigenvalue weighted by Crippen LogP contribution is -2.08. The smallest absolute Gasteiger partial charge is 0.0998 e. The number of aromatic nitrogens is 1. The van der Waals surface area contributed by atoms with Crippen LogP contribution in [0, 0.1) is 11.3 Å². The van der Waals surface area contributed by atoms with Gasteiger partial charge in [0.1, 0.15) is 0 Å². The first-order valence-corrected chi connectivity index (χ1v) is 5.03. The summed E-state index contributed by atoms with van der Waals surface area (Å²) in [5.74, 6) is 0. The van der Waals surface area contributed by atoms with Crippen LogP contribution < -0.4 is 5.73 Å². The molecule has 1 aromatic heterocycles. The summed E-state index contributed by atoms with van der Waals surface area (Å²) >= 11 is 0. The molecule has 2 aromatic rings. The molecule has 3 nitrogen and oxygen atoms in total. The van der Waals surface area contributed by atoms with E-state index in [9.17, 15) is 0 Å². The highest BCUT2D eigenvalue weighted by Crippen LogP contribution is 2.27. The maximum atomic E-state index is 9.03. The lowest BCUT2D eigenvalue weighted by Gasteiger charge is -2.07. The third kappa shape index (κ3) is 1.49. The minimum Gasteiger partial charge on any atom is -0.361 e. The van der Waals surface area contributed by atoms with E-state index in [1.54, 1.807) is 0 Å². The first-order chi connectivity index (χ1) is 7.27. The minimum atomic E-state index is -0.00625. The summed E-state index contributed by atoms with van der Waals surface area (Å²) in [6.07, 6.45) is 2.77. The highest BCUT2D eigenvalue weighted by Gasteiger charge is 2.12. The van der Waals surface area contributed by atoms with Gasteiger partial charge in [-0.2, -0.15) is 5.26 Å². The molecule has 1 heterocycles. The molecule has 3 heteroatoms. The predicted octanol–water partition coefficient (Wildman–Crippen LogP) is 2.45. The van der Waals surface area contributed by atoms with Crippen molar-refractivity contribution >= 4 is 10.9 Å². The molecule has 15 heavy (non-hydrogen) atoms. The summed E-state index contributed by atoms with van der Waals surface area (Å²) in [5.41, 5.74) is 8.70. The van der Waals surface area contributed by atoms with Gasteiger partial charge in [0.25, 0.3) is 0 Å². The molecule has 0 amide bonds. The Morgan fingerprint density at radius 3 is 3.00 bits per heavy atom. The average Bonchev–Trinajstić information content (AvgIpc) is 2.71. The zero-order valence-electron chi connectivity index (χ0n) is 8.62. The molecule has 0 spiro atoms. The van der Waals surface area contributed by atoms with Crippen LogP contribution in [-0.4, -0.2) is 4.98 Å². The number of hydrogen-bond acceptors (Lipinski definition) is 2. The molecule has 0 aliphatic rings. The van der Waals surface area contributed by atoms with Crippen LogP contribution in [0.3, 0.4) is 0 Å². The van der Waals surface area contributed by atoms with Gasteiger partial charge in [-0.3, -0.25) is 0 Å². The Bertz CT molecular complexity index is 519. The quantitative estimate of drug-likeness (QED) is 0.780. The number of nitriles is 1. The van der Waals surface area contributed by atoms with Crippen LogP contribution in [-0.2, 0) is 0 Å². The SMILES string of the molecule is CC[C@@H](N)c1c[nH]c2cccc(C#N)c12. The van der Waals surface area contributed by atoms with Crippen LogP contribution in [0.4, 0.5) is 0 Å². The zero-order valence-corrected chi connectivity index (χ0v) is 8.62. The first-order valence-electron chi connectivity index (χ1n) is 5.03. The fourth-order valence-corrected chi connectivity index (χ4v) is 1.82. The van der Waals surface area contributed by atoms with E-state index in [0.29, 0.717) is 5.56 Å². The van der Waals surface area contributed by atoms with Gasteiger partial charge in [0, 0.05) is 23.1 Å². The van der Waals surface area contributed by atoms with Crippen molar-refractivity contribution in [2.45, 2.75) is 19.4 Å². The normalized spacial score (nSPS) is 12.6. The largest absolute Gasteiger partial charge is 0.361 e. The molecule has 0 saturated carbocycles. The highest BCUT2D eigenvalue weighted by molar-refractivity contribution is 5.89. The van der Waals surface area contributed by atoms with E-state index in [1.807, 2.05) is 31.3 Å². The molecular weight excluding hydrogens is 186 g/mol. The minimum absolute atomic E-state index is 0.00625. The summed E-state index contributed by atoms with van der Waals surface area (Å²) in [6, 6.07) is 7.85. The third-order valence-corrected chi connectivity index (χ3v) is 2.70. The Labute approximate surface area is 88.5 Å². The van der Waals surface area contributed by atoms with Crippen molar-refractivity contribution < 1.29 is 0 Å². The van der Waals surface area contributed by atoms with Gasteiger partial charge in [0.15, 0.2) is 0 Å². The van der Waals surface area contributed by atoms with E-state index in [0.717, 1.165) is 22.9 Å². The Kier molecular flexibility index (Phi) is 2.44. The van der Waals surface area contributed by atoms with Gasteiger partial charge in [0.05, 0.1) is 11.6 Å². The summed E-state index contributed by atoms with van der Waals surface area (Å²) < 4.78 is 0. The van der Waals surface area contributed by atoms with Gasteiger partial charge < -0.3 is 10.7 Å². The Morgan fingerprint density at radius 2 is 2.33 bits per heavy atom. The summed E-state index contributed by atoms with van der Waals surface area (Å²) in [6.45, 7) is 2.04. The van der Waals surface area contributed by atoms with Crippen LogP contribution in [0.25, 0.3) is 10.9 Å². The number of nitrogens with zero attached hydrogens (tertiary/aromatic N) is 1. The lowest BCUT2D eigenvalue weighted by molar-refractivity contribution is 0.704. The molecule has 1 atom stereocenters. The Morgan fingerprint density at radius 1 is 1.53 bits per heavy atom. The van der Waals surface area contributed by atoms with Crippen LogP contribution in [0.5, 0.6) is 0 Å². The monoisotopic (exact) mass is 199 g/mol. The Hall–Kier alpha value is -1.79. The Balaban J connectivity index is 2.72. The number of fused-ring (bicyclic) bond motifs is 1. The van der Waals surface area contributed by atoms with Crippen molar-refractivity contribution in [3.63, 3.8) is 0 Å². The lowest BCUT2D eigenvalue weighted by atomic mass is 10.0.